The summed E-state index contributed by atoms with van der Waals surface area (Å²) in [5.74, 6) is 2.10. The normalized spacial score (nSPS) is 26.6. The van der Waals surface area contributed by atoms with E-state index in [0.29, 0.717) is 5.54 Å². The van der Waals surface area contributed by atoms with E-state index < -0.39 is 0 Å². The Hall–Kier alpha value is 0.270. The van der Waals surface area contributed by atoms with E-state index in [1.807, 2.05) is 11.8 Å². The Balaban J connectivity index is 1.85. The molecule has 0 aromatic carbocycles. The number of hydrogen-bond donors (Lipinski definition) is 1. The molecule has 1 spiro atoms. The number of nitrogens with one attached hydrogen (secondary N) is 1. The Bertz CT molecular complexity index is 287. The molecule has 0 bridgehead atoms. The van der Waals surface area contributed by atoms with E-state index >= 15 is 0 Å². The summed E-state index contributed by atoms with van der Waals surface area (Å²) < 4.78 is 0. The fourth-order valence-electron chi connectivity index (χ4n) is 4.22. The molecule has 1 aliphatic carbocycles. The van der Waals surface area contributed by atoms with Gasteiger partial charge in [-0.05, 0) is 50.2 Å². The van der Waals surface area contributed by atoms with Gasteiger partial charge in [-0.15, -0.1) is 0 Å². The summed E-state index contributed by atoms with van der Waals surface area (Å²) in [4.78, 5) is 2.84. The Labute approximate surface area is 136 Å². The van der Waals surface area contributed by atoms with E-state index in [2.05, 4.69) is 30.3 Å². The summed E-state index contributed by atoms with van der Waals surface area (Å²) in [5, 5.41) is 3.96. The third-order valence-electron chi connectivity index (χ3n) is 5.53. The molecule has 3 heteroatoms. The van der Waals surface area contributed by atoms with Crippen LogP contribution in [-0.2, 0) is 0 Å². The van der Waals surface area contributed by atoms with Crippen LogP contribution in [0.1, 0.15) is 65.2 Å². The lowest BCUT2D eigenvalue weighted by Crippen LogP contribution is -2.65. The van der Waals surface area contributed by atoms with Gasteiger partial charge in [-0.3, -0.25) is 4.90 Å². The summed E-state index contributed by atoms with van der Waals surface area (Å²) in [6.07, 6.45) is 13.5. The number of nitrogens with zero attached hydrogens (tertiary/aromatic N) is 1. The molecule has 0 radical (unpaired) electrons. The van der Waals surface area contributed by atoms with Crippen LogP contribution in [0.3, 0.4) is 0 Å². The van der Waals surface area contributed by atoms with Crippen molar-refractivity contribution in [3.8, 4) is 0 Å². The minimum absolute atomic E-state index is 0.461. The van der Waals surface area contributed by atoms with Crippen LogP contribution in [0.2, 0.25) is 0 Å². The second kappa shape index (κ2) is 8.79. The van der Waals surface area contributed by atoms with Crippen molar-refractivity contribution in [1.29, 1.82) is 0 Å². The van der Waals surface area contributed by atoms with Gasteiger partial charge >= 0.3 is 0 Å². The van der Waals surface area contributed by atoms with E-state index in [0.717, 1.165) is 12.0 Å². The Morgan fingerprint density at radius 1 is 1.14 bits per heavy atom. The topological polar surface area (TPSA) is 15.3 Å². The third-order valence-corrected chi connectivity index (χ3v) is 6.23. The molecule has 1 aliphatic heterocycles. The van der Waals surface area contributed by atoms with Crippen molar-refractivity contribution < 1.29 is 0 Å². The SMILES string of the molecule is CSCCCCCN1CC2(CCCCC2)NCC1C(C)C. The maximum Gasteiger partial charge on any atom is 0.0309 e. The lowest BCUT2D eigenvalue weighted by atomic mass is 9.78. The van der Waals surface area contributed by atoms with Crippen LogP contribution < -0.4 is 5.32 Å². The molecule has 1 N–H and O–H groups in total. The van der Waals surface area contributed by atoms with Crippen molar-refractivity contribution in [3.63, 3.8) is 0 Å². The van der Waals surface area contributed by atoms with Gasteiger partial charge in [-0.25, -0.2) is 0 Å². The van der Waals surface area contributed by atoms with Crippen molar-refractivity contribution >= 4 is 11.8 Å². The molecule has 0 aromatic rings. The average Bonchev–Trinajstić information content (AvgIpc) is 2.48. The molecule has 1 saturated carbocycles. The number of rotatable bonds is 7. The largest absolute Gasteiger partial charge is 0.308 e. The second-order valence-electron chi connectivity index (χ2n) is 7.56. The van der Waals surface area contributed by atoms with Crippen molar-refractivity contribution in [3.05, 3.63) is 0 Å². The Morgan fingerprint density at radius 2 is 1.90 bits per heavy atom. The fourth-order valence-corrected chi connectivity index (χ4v) is 4.71. The molecule has 2 fully saturated rings. The third kappa shape index (κ3) is 5.14. The summed E-state index contributed by atoms with van der Waals surface area (Å²) in [6.45, 7) is 8.62. The van der Waals surface area contributed by atoms with Crippen molar-refractivity contribution in [2.75, 3.05) is 31.6 Å². The van der Waals surface area contributed by atoms with E-state index in [4.69, 9.17) is 0 Å². The molecule has 2 aliphatic rings. The van der Waals surface area contributed by atoms with Crippen molar-refractivity contribution in [2.24, 2.45) is 5.92 Å². The lowest BCUT2D eigenvalue weighted by Gasteiger charge is -2.51. The molecule has 1 unspecified atom stereocenters. The van der Waals surface area contributed by atoms with Crippen molar-refractivity contribution in [2.45, 2.75) is 76.8 Å². The van der Waals surface area contributed by atoms with Crippen LogP contribution in [0.4, 0.5) is 0 Å². The first kappa shape index (κ1) is 17.6. The fraction of sp³-hybridized carbons (Fsp3) is 1.00. The van der Waals surface area contributed by atoms with Gasteiger partial charge in [0.2, 0.25) is 0 Å². The molecule has 2 nitrogen and oxygen atoms in total. The van der Waals surface area contributed by atoms with Gasteiger partial charge in [-0.2, -0.15) is 11.8 Å². The molecule has 1 saturated heterocycles. The predicted molar refractivity (Wildman–Crippen MR) is 96.3 cm³/mol. The average molecular weight is 313 g/mol. The zero-order chi connectivity index (χ0) is 15.1. The van der Waals surface area contributed by atoms with E-state index in [9.17, 15) is 0 Å². The number of thioether (sulfide) groups is 1. The molecule has 2 rings (SSSR count). The Kier molecular flexibility index (Phi) is 7.37. The van der Waals surface area contributed by atoms with Crippen LogP contribution in [0.5, 0.6) is 0 Å². The van der Waals surface area contributed by atoms with Gasteiger partial charge in [0.15, 0.2) is 0 Å². The molecule has 0 aromatic heterocycles. The van der Waals surface area contributed by atoms with Crippen LogP contribution >= 0.6 is 11.8 Å². The highest BCUT2D eigenvalue weighted by Crippen LogP contribution is 2.33. The standard InChI is InChI=1S/C18H36N2S/c1-16(2)17-14-19-18(10-6-4-7-11-18)15-20(17)12-8-5-9-13-21-3/h16-17,19H,4-15H2,1-3H3. The zero-order valence-corrected chi connectivity index (χ0v) is 15.3. The minimum atomic E-state index is 0.461. The first-order chi connectivity index (χ1) is 10.2. The Morgan fingerprint density at radius 3 is 2.57 bits per heavy atom. The molecule has 1 heterocycles. The molecule has 1 atom stereocenters. The summed E-state index contributed by atoms with van der Waals surface area (Å²) >= 11 is 1.99. The zero-order valence-electron chi connectivity index (χ0n) is 14.5. The molecule has 0 amide bonds. The molecule has 21 heavy (non-hydrogen) atoms. The van der Waals surface area contributed by atoms with Crippen LogP contribution in [0.25, 0.3) is 0 Å². The summed E-state index contributed by atoms with van der Waals surface area (Å²) in [6, 6.07) is 0.748. The molecule has 124 valence electrons. The number of hydrogen-bond acceptors (Lipinski definition) is 3. The quantitative estimate of drug-likeness (QED) is 0.711. The van der Waals surface area contributed by atoms with Crippen LogP contribution in [-0.4, -0.2) is 48.1 Å². The summed E-state index contributed by atoms with van der Waals surface area (Å²) in [7, 11) is 0. The van der Waals surface area contributed by atoms with Gasteiger partial charge in [0, 0.05) is 24.7 Å². The van der Waals surface area contributed by atoms with Crippen LogP contribution in [0.15, 0.2) is 0 Å². The number of piperazine rings is 1. The minimum Gasteiger partial charge on any atom is -0.308 e. The first-order valence-corrected chi connectivity index (χ1v) is 10.5. The van der Waals surface area contributed by atoms with Gasteiger partial charge in [0.25, 0.3) is 0 Å². The highest BCUT2D eigenvalue weighted by Gasteiger charge is 2.40. The maximum absolute atomic E-state index is 3.96. The number of unbranched alkanes of at least 4 members (excludes halogenated alkanes) is 2. The van der Waals surface area contributed by atoms with E-state index in [-0.39, 0.29) is 0 Å². The summed E-state index contributed by atoms with van der Waals surface area (Å²) in [5.41, 5.74) is 0.461. The highest BCUT2D eigenvalue weighted by molar-refractivity contribution is 7.98. The highest BCUT2D eigenvalue weighted by atomic mass is 32.2. The smallest absolute Gasteiger partial charge is 0.0309 e. The van der Waals surface area contributed by atoms with E-state index in [1.54, 1.807) is 0 Å². The first-order valence-electron chi connectivity index (χ1n) is 9.15. The second-order valence-corrected chi connectivity index (χ2v) is 8.54. The monoisotopic (exact) mass is 312 g/mol. The van der Waals surface area contributed by atoms with Gasteiger partial charge in [0.05, 0.1) is 0 Å². The van der Waals surface area contributed by atoms with Gasteiger partial charge < -0.3 is 5.32 Å². The maximum atomic E-state index is 3.96. The molecular weight excluding hydrogens is 276 g/mol. The van der Waals surface area contributed by atoms with Gasteiger partial charge in [0.1, 0.15) is 0 Å². The predicted octanol–water partition coefficient (Wildman–Crippen LogP) is 4.15. The molecular formula is C18H36N2S. The van der Waals surface area contributed by atoms with E-state index in [1.165, 1.54) is 76.8 Å². The van der Waals surface area contributed by atoms with Crippen molar-refractivity contribution in [1.82, 2.24) is 10.2 Å². The van der Waals surface area contributed by atoms with Crippen LogP contribution in [0, 0.1) is 5.92 Å². The lowest BCUT2D eigenvalue weighted by molar-refractivity contribution is 0.0355. The van der Waals surface area contributed by atoms with Gasteiger partial charge in [-0.1, -0.05) is 39.5 Å².